The molecule has 8 nitrogen and oxygen atoms in total. The number of hydrogen-bond donors (Lipinski definition) is 0. The van der Waals surface area contributed by atoms with Crippen LogP contribution in [0.15, 0.2) is 45.9 Å². The lowest BCUT2D eigenvalue weighted by molar-refractivity contribution is 0.0453. The SMILES string of the molecule is CCN(CC)S(=O)(=O)c1cccc(C(=O)OCc2ccoc2C(=O)OC)c1. The molecule has 9 heteroatoms. The topological polar surface area (TPSA) is 103 Å². The monoisotopic (exact) mass is 395 g/mol. The van der Waals surface area contributed by atoms with E-state index in [4.69, 9.17) is 9.15 Å². The zero-order chi connectivity index (χ0) is 20.0. The molecule has 2 aromatic rings. The van der Waals surface area contributed by atoms with Gasteiger partial charge in [0, 0.05) is 18.7 Å². The van der Waals surface area contributed by atoms with E-state index in [1.54, 1.807) is 13.8 Å². The van der Waals surface area contributed by atoms with Crippen molar-refractivity contribution in [3.8, 4) is 0 Å². The van der Waals surface area contributed by atoms with Crippen LogP contribution in [-0.2, 0) is 26.1 Å². The molecule has 0 radical (unpaired) electrons. The fraction of sp³-hybridized carbons (Fsp3) is 0.333. The van der Waals surface area contributed by atoms with E-state index in [9.17, 15) is 18.0 Å². The van der Waals surface area contributed by atoms with Gasteiger partial charge in [0.15, 0.2) is 0 Å². The van der Waals surface area contributed by atoms with Crippen LogP contribution >= 0.6 is 0 Å². The van der Waals surface area contributed by atoms with Crippen LogP contribution < -0.4 is 0 Å². The second-order valence-electron chi connectivity index (χ2n) is 5.46. The average molecular weight is 395 g/mol. The fourth-order valence-corrected chi connectivity index (χ4v) is 3.95. The lowest BCUT2D eigenvalue weighted by Gasteiger charge is -2.18. The van der Waals surface area contributed by atoms with Crippen molar-refractivity contribution in [2.45, 2.75) is 25.3 Å². The molecule has 0 aliphatic heterocycles. The first-order valence-corrected chi connectivity index (χ1v) is 9.71. The molecular weight excluding hydrogens is 374 g/mol. The molecule has 27 heavy (non-hydrogen) atoms. The first-order chi connectivity index (χ1) is 12.8. The average Bonchev–Trinajstić information content (AvgIpc) is 3.15. The number of ether oxygens (including phenoxy) is 2. The highest BCUT2D eigenvalue weighted by Gasteiger charge is 2.23. The van der Waals surface area contributed by atoms with Gasteiger partial charge in [-0.1, -0.05) is 19.9 Å². The molecule has 0 unspecified atom stereocenters. The highest BCUT2D eigenvalue weighted by Crippen LogP contribution is 2.19. The van der Waals surface area contributed by atoms with Crippen LogP contribution in [0.5, 0.6) is 0 Å². The van der Waals surface area contributed by atoms with Crippen LogP contribution in [0, 0.1) is 0 Å². The summed E-state index contributed by atoms with van der Waals surface area (Å²) in [6, 6.07) is 7.12. The number of esters is 2. The number of carbonyl (C=O) groups is 2. The Kier molecular flexibility index (Phi) is 6.75. The summed E-state index contributed by atoms with van der Waals surface area (Å²) in [5.74, 6) is -1.45. The van der Waals surface area contributed by atoms with Crippen LogP contribution in [0.2, 0.25) is 0 Å². The molecule has 0 N–H and O–H groups in total. The summed E-state index contributed by atoms with van der Waals surface area (Å²) in [6.07, 6.45) is 1.28. The molecule has 0 saturated heterocycles. The van der Waals surface area contributed by atoms with Crippen LogP contribution in [0.1, 0.15) is 40.3 Å². The third-order valence-corrected chi connectivity index (χ3v) is 5.94. The molecule has 0 saturated carbocycles. The van der Waals surface area contributed by atoms with Gasteiger partial charge in [0.2, 0.25) is 15.8 Å². The molecule has 1 aromatic carbocycles. The summed E-state index contributed by atoms with van der Waals surface area (Å²) in [5, 5.41) is 0. The minimum absolute atomic E-state index is 0.0132. The van der Waals surface area contributed by atoms with Crippen molar-refractivity contribution in [3.63, 3.8) is 0 Å². The Morgan fingerprint density at radius 1 is 1.11 bits per heavy atom. The van der Waals surface area contributed by atoms with E-state index < -0.39 is 22.0 Å². The van der Waals surface area contributed by atoms with Crippen molar-refractivity contribution in [2.75, 3.05) is 20.2 Å². The molecule has 146 valence electrons. The largest absolute Gasteiger partial charge is 0.463 e. The molecular formula is C18H21NO7S. The second kappa shape index (κ2) is 8.83. The number of hydrogen-bond acceptors (Lipinski definition) is 7. The van der Waals surface area contributed by atoms with E-state index in [0.29, 0.717) is 18.7 Å². The van der Waals surface area contributed by atoms with E-state index >= 15 is 0 Å². The Hall–Kier alpha value is -2.65. The number of sulfonamides is 1. The molecule has 1 aromatic heterocycles. The maximum Gasteiger partial charge on any atom is 0.374 e. The van der Waals surface area contributed by atoms with Crippen LogP contribution in [-0.4, -0.2) is 44.9 Å². The van der Waals surface area contributed by atoms with Crippen molar-refractivity contribution >= 4 is 22.0 Å². The van der Waals surface area contributed by atoms with E-state index in [0.717, 1.165) is 0 Å². The van der Waals surface area contributed by atoms with Crippen molar-refractivity contribution in [1.29, 1.82) is 0 Å². The second-order valence-corrected chi connectivity index (χ2v) is 7.40. The first-order valence-electron chi connectivity index (χ1n) is 8.27. The van der Waals surface area contributed by atoms with Crippen molar-refractivity contribution < 1.29 is 31.9 Å². The summed E-state index contributed by atoms with van der Waals surface area (Å²) in [7, 11) is -2.48. The number of furan rings is 1. The van der Waals surface area contributed by atoms with Crippen LogP contribution in [0.4, 0.5) is 0 Å². The summed E-state index contributed by atoms with van der Waals surface area (Å²) in [5.41, 5.74) is 0.438. The van der Waals surface area contributed by atoms with Gasteiger partial charge in [-0.15, -0.1) is 0 Å². The number of benzene rings is 1. The van der Waals surface area contributed by atoms with Gasteiger partial charge in [0.05, 0.1) is 23.8 Å². The molecule has 0 fully saturated rings. The Morgan fingerprint density at radius 3 is 2.44 bits per heavy atom. The molecule has 0 spiro atoms. The van der Waals surface area contributed by atoms with Gasteiger partial charge in [-0.2, -0.15) is 4.31 Å². The third-order valence-electron chi connectivity index (χ3n) is 3.89. The highest BCUT2D eigenvalue weighted by molar-refractivity contribution is 7.89. The first kappa shape index (κ1) is 20.7. The molecule has 1 heterocycles. The minimum Gasteiger partial charge on any atom is -0.463 e. The predicted octanol–water partition coefficient (Wildman–Crippen LogP) is 2.45. The van der Waals surface area contributed by atoms with Gasteiger partial charge in [-0.25, -0.2) is 18.0 Å². The van der Waals surface area contributed by atoms with Gasteiger partial charge in [0.1, 0.15) is 6.61 Å². The number of rotatable bonds is 8. The summed E-state index contributed by atoms with van der Waals surface area (Å²) in [4.78, 5) is 23.9. The smallest absolute Gasteiger partial charge is 0.374 e. The van der Waals surface area contributed by atoms with Gasteiger partial charge in [-0.3, -0.25) is 0 Å². The molecule has 0 amide bonds. The summed E-state index contributed by atoms with van der Waals surface area (Å²) >= 11 is 0. The normalized spacial score (nSPS) is 11.4. The van der Waals surface area contributed by atoms with Gasteiger partial charge < -0.3 is 13.9 Å². The maximum atomic E-state index is 12.6. The van der Waals surface area contributed by atoms with Crippen LogP contribution in [0.3, 0.4) is 0 Å². The number of methoxy groups -OCH3 is 1. The maximum absolute atomic E-state index is 12.6. The summed E-state index contributed by atoms with van der Waals surface area (Å²) in [6.45, 7) is 3.91. The minimum atomic E-state index is -3.69. The van der Waals surface area contributed by atoms with E-state index in [2.05, 4.69) is 4.74 Å². The third kappa shape index (κ3) is 4.55. The Balaban J connectivity index is 2.17. The van der Waals surface area contributed by atoms with Crippen molar-refractivity contribution in [1.82, 2.24) is 4.31 Å². The van der Waals surface area contributed by atoms with Gasteiger partial charge in [-0.05, 0) is 24.3 Å². The Bertz CT molecular complexity index is 913. The fourth-order valence-electron chi connectivity index (χ4n) is 2.44. The quantitative estimate of drug-likeness (QED) is 0.633. The van der Waals surface area contributed by atoms with Crippen molar-refractivity contribution in [3.05, 3.63) is 53.5 Å². The van der Waals surface area contributed by atoms with E-state index in [1.807, 2.05) is 0 Å². The molecule has 0 bridgehead atoms. The highest BCUT2D eigenvalue weighted by atomic mass is 32.2. The van der Waals surface area contributed by atoms with Crippen LogP contribution in [0.25, 0.3) is 0 Å². The Labute approximate surface area is 157 Å². The van der Waals surface area contributed by atoms with E-state index in [-0.39, 0.29) is 22.8 Å². The standard InChI is InChI=1S/C18H21NO7S/c1-4-19(5-2)27(22,23)15-8-6-7-13(11-15)17(20)26-12-14-9-10-25-16(14)18(21)24-3/h6-11H,4-5,12H2,1-3H3. The molecule has 0 atom stereocenters. The zero-order valence-corrected chi connectivity index (χ0v) is 16.1. The Morgan fingerprint density at radius 2 is 1.81 bits per heavy atom. The number of nitrogens with zero attached hydrogens (tertiary/aromatic N) is 1. The van der Waals surface area contributed by atoms with Crippen molar-refractivity contribution in [2.24, 2.45) is 0 Å². The predicted molar refractivity (Wildman–Crippen MR) is 95.7 cm³/mol. The lowest BCUT2D eigenvalue weighted by Crippen LogP contribution is -2.30. The van der Waals surface area contributed by atoms with Gasteiger partial charge in [0.25, 0.3) is 0 Å². The summed E-state index contributed by atoms with van der Waals surface area (Å²) < 4.78 is 41.2. The lowest BCUT2D eigenvalue weighted by atomic mass is 10.2. The number of carbonyl (C=O) groups excluding carboxylic acids is 2. The zero-order valence-electron chi connectivity index (χ0n) is 15.3. The molecule has 2 rings (SSSR count). The van der Waals surface area contributed by atoms with Gasteiger partial charge >= 0.3 is 11.9 Å². The molecule has 0 aliphatic carbocycles. The molecule has 0 aliphatic rings. The van der Waals surface area contributed by atoms with E-state index in [1.165, 1.54) is 48.0 Å².